The summed E-state index contributed by atoms with van der Waals surface area (Å²) in [6.07, 6.45) is 1.70. The van der Waals surface area contributed by atoms with Crippen molar-refractivity contribution in [1.82, 2.24) is 4.98 Å². The van der Waals surface area contributed by atoms with Crippen molar-refractivity contribution < 1.29 is 0 Å². The molecule has 4 N–H and O–H groups in total. The number of aromatic nitrogens is 1. The summed E-state index contributed by atoms with van der Waals surface area (Å²) in [6, 6.07) is 1.86. The zero-order chi connectivity index (χ0) is 7.56. The maximum Gasteiger partial charge on any atom is 0.134 e. The van der Waals surface area contributed by atoms with Crippen LogP contribution >= 0.6 is 11.9 Å². The molecule has 0 radical (unpaired) electrons. The van der Waals surface area contributed by atoms with Crippen LogP contribution < -0.4 is 10.9 Å². The third kappa shape index (κ3) is 1.22. The predicted octanol–water partition coefficient (Wildman–Crippen LogP) is 0.938. The fourth-order valence-corrected chi connectivity index (χ4v) is 1.05. The summed E-state index contributed by atoms with van der Waals surface area (Å²) in [4.78, 5) is 3.97. The summed E-state index contributed by atoms with van der Waals surface area (Å²) in [5, 5.41) is 5.99. The number of anilines is 1. The van der Waals surface area contributed by atoms with Gasteiger partial charge in [-0.25, -0.2) is 4.98 Å². The van der Waals surface area contributed by atoms with Crippen LogP contribution in [0.5, 0.6) is 0 Å². The van der Waals surface area contributed by atoms with Crippen molar-refractivity contribution in [2.75, 3.05) is 5.73 Å². The number of nitrogen functional groups attached to an aromatic ring is 1. The van der Waals surface area contributed by atoms with E-state index in [1.54, 1.807) is 6.20 Å². The molecule has 1 aromatic heterocycles. The number of hydrogen-bond acceptors (Lipinski definition) is 4. The number of nitrogens with two attached hydrogens (primary N) is 2. The number of hydrogen-bond donors (Lipinski definition) is 2. The van der Waals surface area contributed by atoms with Crippen molar-refractivity contribution in [1.29, 1.82) is 0 Å². The Morgan fingerprint density at radius 2 is 2.30 bits per heavy atom. The molecule has 0 aliphatic carbocycles. The number of aryl methyl sites for hydroxylation is 1. The van der Waals surface area contributed by atoms with Gasteiger partial charge in [0.2, 0.25) is 0 Å². The Morgan fingerprint density at radius 1 is 1.60 bits per heavy atom. The first-order valence-electron chi connectivity index (χ1n) is 2.83. The molecule has 0 aromatic carbocycles. The zero-order valence-electron chi connectivity index (χ0n) is 5.66. The molecule has 0 saturated carbocycles. The smallest absolute Gasteiger partial charge is 0.134 e. The lowest BCUT2D eigenvalue weighted by Crippen LogP contribution is -1.96. The second kappa shape index (κ2) is 2.90. The highest BCUT2D eigenvalue weighted by molar-refractivity contribution is 7.97. The van der Waals surface area contributed by atoms with Gasteiger partial charge in [-0.1, -0.05) is 0 Å². The molecule has 1 aromatic rings. The van der Waals surface area contributed by atoms with E-state index < -0.39 is 0 Å². The largest absolute Gasteiger partial charge is 0.396 e. The summed E-state index contributed by atoms with van der Waals surface area (Å²) in [5.74, 6) is 0. The Kier molecular flexibility index (Phi) is 2.13. The molecule has 0 spiro atoms. The molecule has 0 aliphatic heterocycles. The molecule has 3 nitrogen and oxygen atoms in total. The summed E-state index contributed by atoms with van der Waals surface area (Å²) in [7, 11) is 0. The topological polar surface area (TPSA) is 64.9 Å². The first-order chi connectivity index (χ1) is 4.75. The van der Waals surface area contributed by atoms with Gasteiger partial charge < -0.3 is 5.73 Å². The van der Waals surface area contributed by atoms with Crippen molar-refractivity contribution in [3.8, 4) is 0 Å². The van der Waals surface area contributed by atoms with Gasteiger partial charge in [-0.15, -0.1) is 0 Å². The zero-order valence-corrected chi connectivity index (χ0v) is 6.48. The average Bonchev–Trinajstić information content (AvgIpc) is 1.95. The van der Waals surface area contributed by atoms with E-state index in [4.69, 9.17) is 10.9 Å². The summed E-state index contributed by atoms with van der Waals surface area (Å²) >= 11 is 1.07. The molecule has 0 unspecified atom stereocenters. The quantitative estimate of drug-likeness (QED) is 0.592. The second-order valence-electron chi connectivity index (χ2n) is 1.96. The van der Waals surface area contributed by atoms with E-state index in [0.29, 0.717) is 10.7 Å². The molecule has 10 heavy (non-hydrogen) atoms. The fourth-order valence-electron chi connectivity index (χ4n) is 0.639. The molecule has 0 saturated heterocycles. The minimum atomic E-state index is 0.676. The van der Waals surface area contributed by atoms with Crippen LogP contribution in [-0.4, -0.2) is 4.98 Å². The molecule has 0 bridgehead atoms. The van der Waals surface area contributed by atoms with Crippen LogP contribution in [0.2, 0.25) is 0 Å². The summed E-state index contributed by atoms with van der Waals surface area (Å²) < 4.78 is 0. The van der Waals surface area contributed by atoms with Crippen LogP contribution in [0, 0.1) is 6.92 Å². The minimum absolute atomic E-state index is 0.676. The van der Waals surface area contributed by atoms with Gasteiger partial charge in [0.15, 0.2) is 0 Å². The molecule has 1 heterocycles. The molecule has 54 valence electrons. The molecular formula is C6H9N3S. The van der Waals surface area contributed by atoms with Gasteiger partial charge in [-0.05, 0) is 30.5 Å². The predicted molar refractivity (Wildman–Crippen MR) is 43.4 cm³/mol. The Bertz CT molecular complexity index is 236. The maximum absolute atomic E-state index is 5.63. The SMILES string of the molecule is Cc1ccnc(SN)c1N. The number of rotatable bonds is 1. The molecule has 1 rings (SSSR count). The molecule has 0 atom stereocenters. The van der Waals surface area contributed by atoms with Crippen LogP contribution in [0.15, 0.2) is 17.3 Å². The van der Waals surface area contributed by atoms with Crippen LogP contribution in [0.3, 0.4) is 0 Å². The number of nitrogens with zero attached hydrogens (tertiary/aromatic N) is 1. The lowest BCUT2D eigenvalue weighted by Gasteiger charge is -2.01. The molecule has 0 amide bonds. The Hall–Kier alpha value is -0.740. The van der Waals surface area contributed by atoms with E-state index in [1.807, 2.05) is 13.0 Å². The van der Waals surface area contributed by atoms with Gasteiger partial charge in [0.05, 0.1) is 5.69 Å². The van der Waals surface area contributed by atoms with E-state index >= 15 is 0 Å². The number of pyridine rings is 1. The van der Waals surface area contributed by atoms with E-state index in [0.717, 1.165) is 17.5 Å². The first-order valence-corrected chi connectivity index (χ1v) is 3.71. The van der Waals surface area contributed by atoms with E-state index in [2.05, 4.69) is 4.98 Å². The lowest BCUT2D eigenvalue weighted by atomic mass is 10.3. The minimum Gasteiger partial charge on any atom is -0.396 e. The monoisotopic (exact) mass is 155 g/mol. The maximum atomic E-state index is 5.63. The summed E-state index contributed by atoms with van der Waals surface area (Å²) in [6.45, 7) is 1.93. The molecular weight excluding hydrogens is 146 g/mol. The standard InChI is InChI=1S/C6H9N3S/c1-4-2-3-9-6(10-8)5(4)7/h2-3H,7-8H2,1H3. The first kappa shape index (κ1) is 7.37. The van der Waals surface area contributed by atoms with E-state index in [1.165, 1.54) is 0 Å². The fraction of sp³-hybridized carbons (Fsp3) is 0.167. The van der Waals surface area contributed by atoms with Crippen molar-refractivity contribution in [2.45, 2.75) is 11.9 Å². The third-order valence-corrected chi connectivity index (χ3v) is 1.83. The molecule has 0 aliphatic rings. The lowest BCUT2D eigenvalue weighted by molar-refractivity contribution is 1.12. The van der Waals surface area contributed by atoms with Crippen LogP contribution in [0.4, 0.5) is 5.69 Å². The highest BCUT2D eigenvalue weighted by atomic mass is 32.2. The molecule has 0 fully saturated rings. The van der Waals surface area contributed by atoms with Crippen molar-refractivity contribution in [3.63, 3.8) is 0 Å². The van der Waals surface area contributed by atoms with Gasteiger partial charge in [0, 0.05) is 6.20 Å². The van der Waals surface area contributed by atoms with Crippen LogP contribution in [0.25, 0.3) is 0 Å². The van der Waals surface area contributed by atoms with E-state index in [9.17, 15) is 0 Å². The van der Waals surface area contributed by atoms with Crippen molar-refractivity contribution >= 4 is 17.6 Å². The van der Waals surface area contributed by atoms with E-state index in [-0.39, 0.29) is 0 Å². The van der Waals surface area contributed by atoms with Crippen LogP contribution in [-0.2, 0) is 0 Å². The summed E-state index contributed by atoms with van der Waals surface area (Å²) in [5.41, 5.74) is 7.32. The van der Waals surface area contributed by atoms with Gasteiger partial charge >= 0.3 is 0 Å². The van der Waals surface area contributed by atoms with Crippen molar-refractivity contribution in [2.24, 2.45) is 5.14 Å². The Balaban J connectivity index is 3.14. The normalized spacial score (nSPS) is 9.80. The average molecular weight is 155 g/mol. The highest BCUT2D eigenvalue weighted by Crippen LogP contribution is 2.19. The van der Waals surface area contributed by atoms with Gasteiger partial charge in [-0.3, -0.25) is 5.14 Å². The third-order valence-electron chi connectivity index (χ3n) is 1.28. The van der Waals surface area contributed by atoms with Gasteiger partial charge in [-0.2, -0.15) is 0 Å². The van der Waals surface area contributed by atoms with Crippen molar-refractivity contribution in [3.05, 3.63) is 17.8 Å². The Morgan fingerprint density at radius 3 is 2.80 bits per heavy atom. The van der Waals surface area contributed by atoms with Gasteiger partial charge in [0.25, 0.3) is 0 Å². The van der Waals surface area contributed by atoms with Gasteiger partial charge in [0.1, 0.15) is 5.03 Å². The molecule has 4 heteroatoms. The highest BCUT2D eigenvalue weighted by Gasteiger charge is 1.99. The Labute approximate surface area is 64.0 Å². The second-order valence-corrected chi connectivity index (χ2v) is 2.59. The van der Waals surface area contributed by atoms with Crippen LogP contribution in [0.1, 0.15) is 5.56 Å².